The van der Waals surface area contributed by atoms with Crippen LogP contribution in [-0.2, 0) is 4.74 Å². The molecule has 13 heteroatoms. The van der Waals surface area contributed by atoms with Gasteiger partial charge in [-0.2, -0.15) is 0 Å². The summed E-state index contributed by atoms with van der Waals surface area (Å²) in [6.07, 6.45) is -7.95. The van der Waals surface area contributed by atoms with Crippen LogP contribution in [0.3, 0.4) is 0 Å². The zero-order chi connectivity index (χ0) is 27.0. The smallest absolute Gasteiger partial charge is 0.239 e. The van der Waals surface area contributed by atoms with Crippen LogP contribution in [-0.4, -0.2) is 89.3 Å². The van der Waals surface area contributed by atoms with E-state index in [9.17, 15) is 35.4 Å². The Morgan fingerprint density at radius 3 is 2.22 bits per heavy atom. The molecule has 2 heterocycles. The van der Waals surface area contributed by atoms with Crippen LogP contribution < -0.4 is 24.4 Å². The molecule has 2 aromatic carbocycles. The van der Waals surface area contributed by atoms with E-state index in [1.807, 2.05) is 0 Å². The van der Waals surface area contributed by atoms with E-state index in [0.29, 0.717) is 0 Å². The molecule has 5 atom stereocenters. The van der Waals surface area contributed by atoms with Gasteiger partial charge in [-0.1, -0.05) is 0 Å². The summed E-state index contributed by atoms with van der Waals surface area (Å²) in [5.74, 6) is -1.54. The van der Waals surface area contributed by atoms with E-state index in [4.69, 9.17) is 28.1 Å². The quantitative estimate of drug-likeness (QED) is 0.244. The molecular formula is C24H26O13. The molecule has 0 aliphatic carbocycles. The van der Waals surface area contributed by atoms with E-state index in [1.165, 1.54) is 45.6 Å². The summed E-state index contributed by atoms with van der Waals surface area (Å²) >= 11 is 0. The predicted octanol–water partition coefficient (Wildman–Crippen LogP) is 0.0757. The molecule has 0 saturated carbocycles. The standard InChI is InChI=1S/C24H26O13/c1-32-10-6-11(26)16-12(7-10)35-22(23(34-3)19(16)29)9-4-13(33-2)17(27)14(5-9)36-24-21(31)20(30)18(28)15(8-25)37-24/h4-7,15,18,20-21,24-28,30-31H,8H2,1-3H3/t15-,18-,20+,21-,24-/m1/s1. The Bertz CT molecular complexity index is 1350. The Labute approximate surface area is 209 Å². The Kier molecular flexibility index (Phi) is 7.34. The van der Waals surface area contributed by atoms with E-state index < -0.39 is 48.5 Å². The van der Waals surface area contributed by atoms with Crippen LogP contribution in [0.25, 0.3) is 22.3 Å². The number of phenols is 2. The zero-order valence-corrected chi connectivity index (χ0v) is 19.9. The molecule has 0 radical (unpaired) electrons. The second kappa shape index (κ2) is 10.3. The average Bonchev–Trinajstić information content (AvgIpc) is 2.89. The zero-order valence-electron chi connectivity index (χ0n) is 19.9. The largest absolute Gasteiger partial charge is 0.507 e. The Morgan fingerprint density at radius 1 is 0.892 bits per heavy atom. The van der Waals surface area contributed by atoms with Gasteiger partial charge in [0.25, 0.3) is 0 Å². The SMILES string of the molecule is COc1cc(O)c2c(=O)c(OC)c(-c3cc(OC)c(O)c(O[C@@H]4O[C@H](CO)[C@@H](O)[C@H](O)[C@H]4O)c3)oc2c1. The molecule has 6 N–H and O–H groups in total. The molecule has 37 heavy (non-hydrogen) atoms. The predicted molar refractivity (Wildman–Crippen MR) is 125 cm³/mol. The molecule has 1 saturated heterocycles. The van der Waals surface area contributed by atoms with Crippen molar-refractivity contribution in [3.05, 3.63) is 34.5 Å². The number of aliphatic hydroxyl groups is 4. The molecule has 0 amide bonds. The monoisotopic (exact) mass is 522 g/mol. The first kappa shape index (κ1) is 26.3. The van der Waals surface area contributed by atoms with Crippen molar-refractivity contribution >= 4 is 11.0 Å². The summed E-state index contributed by atoms with van der Waals surface area (Å²) in [5, 5.41) is 60.6. The Hall–Kier alpha value is -3.75. The van der Waals surface area contributed by atoms with Gasteiger partial charge in [-0.05, 0) is 12.1 Å². The fraction of sp³-hybridized carbons (Fsp3) is 0.375. The summed E-state index contributed by atoms with van der Waals surface area (Å²) < 4.78 is 32.4. The molecule has 200 valence electrons. The molecule has 1 aliphatic rings. The van der Waals surface area contributed by atoms with Crippen molar-refractivity contribution in [1.29, 1.82) is 0 Å². The first-order valence-corrected chi connectivity index (χ1v) is 10.9. The topological polar surface area (TPSA) is 198 Å². The van der Waals surface area contributed by atoms with Gasteiger partial charge in [0.2, 0.25) is 23.2 Å². The molecule has 1 aromatic heterocycles. The first-order chi connectivity index (χ1) is 17.6. The minimum absolute atomic E-state index is 0.0268. The molecule has 0 spiro atoms. The van der Waals surface area contributed by atoms with Gasteiger partial charge in [-0.3, -0.25) is 4.79 Å². The van der Waals surface area contributed by atoms with Gasteiger partial charge in [0.05, 0.1) is 27.9 Å². The van der Waals surface area contributed by atoms with Crippen LogP contribution >= 0.6 is 0 Å². The van der Waals surface area contributed by atoms with E-state index >= 15 is 0 Å². The minimum Gasteiger partial charge on any atom is -0.507 e. The van der Waals surface area contributed by atoms with Crippen LogP contribution in [0.15, 0.2) is 33.5 Å². The van der Waals surface area contributed by atoms with Crippen molar-refractivity contribution in [3.63, 3.8) is 0 Å². The second-order valence-corrected chi connectivity index (χ2v) is 8.15. The number of aromatic hydroxyl groups is 2. The second-order valence-electron chi connectivity index (χ2n) is 8.15. The molecule has 3 aromatic rings. The summed E-state index contributed by atoms with van der Waals surface area (Å²) in [5.41, 5.74) is -0.601. The average molecular weight is 522 g/mol. The molecule has 0 unspecified atom stereocenters. The van der Waals surface area contributed by atoms with Gasteiger partial charge in [-0.15, -0.1) is 0 Å². The first-order valence-electron chi connectivity index (χ1n) is 10.9. The lowest BCUT2D eigenvalue weighted by Crippen LogP contribution is -2.60. The maximum atomic E-state index is 13.2. The van der Waals surface area contributed by atoms with Gasteiger partial charge < -0.3 is 58.7 Å². The van der Waals surface area contributed by atoms with Crippen LogP contribution in [0, 0.1) is 0 Å². The van der Waals surface area contributed by atoms with E-state index in [-0.39, 0.29) is 51.0 Å². The molecule has 13 nitrogen and oxygen atoms in total. The normalized spacial score (nSPS) is 23.6. The van der Waals surface area contributed by atoms with E-state index in [0.717, 1.165) is 0 Å². The van der Waals surface area contributed by atoms with Crippen LogP contribution in [0.5, 0.6) is 34.5 Å². The lowest BCUT2D eigenvalue weighted by molar-refractivity contribution is -0.277. The Balaban J connectivity index is 1.86. The molecule has 4 rings (SSSR count). The lowest BCUT2D eigenvalue weighted by atomic mass is 9.99. The Morgan fingerprint density at radius 2 is 1.59 bits per heavy atom. The lowest BCUT2D eigenvalue weighted by Gasteiger charge is -2.39. The summed E-state index contributed by atoms with van der Waals surface area (Å²) in [4.78, 5) is 13.2. The fourth-order valence-corrected chi connectivity index (χ4v) is 4.00. The summed E-state index contributed by atoms with van der Waals surface area (Å²) in [7, 11) is 3.86. The number of phenolic OH excluding ortho intramolecular Hbond substituents is 2. The number of rotatable bonds is 7. The van der Waals surface area contributed by atoms with Crippen LogP contribution in [0.4, 0.5) is 0 Å². The minimum atomic E-state index is -1.75. The van der Waals surface area contributed by atoms with Crippen LogP contribution in [0.1, 0.15) is 0 Å². The molecule has 1 fully saturated rings. The molecular weight excluding hydrogens is 496 g/mol. The third kappa shape index (κ3) is 4.58. The number of ether oxygens (including phenoxy) is 5. The van der Waals surface area contributed by atoms with Gasteiger partial charge in [0.15, 0.2) is 17.3 Å². The van der Waals surface area contributed by atoms with E-state index in [2.05, 4.69) is 0 Å². The van der Waals surface area contributed by atoms with Gasteiger partial charge >= 0.3 is 0 Å². The van der Waals surface area contributed by atoms with Gasteiger partial charge in [-0.25, -0.2) is 0 Å². The summed E-state index contributed by atoms with van der Waals surface area (Å²) in [6.45, 7) is -0.685. The number of fused-ring (bicyclic) bond motifs is 1. The molecule has 0 bridgehead atoms. The van der Waals surface area contributed by atoms with Crippen molar-refractivity contribution in [2.75, 3.05) is 27.9 Å². The van der Waals surface area contributed by atoms with Crippen molar-refractivity contribution in [2.45, 2.75) is 30.7 Å². The number of aliphatic hydroxyl groups excluding tert-OH is 4. The number of benzene rings is 2. The van der Waals surface area contributed by atoms with Crippen LogP contribution in [0.2, 0.25) is 0 Å². The number of hydrogen-bond acceptors (Lipinski definition) is 13. The van der Waals surface area contributed by atoms with Crippen molar-refractivity contribution < 1.29 is 58.7 Å². The van der Waals surface area contributed by atoms with Crippen molar-refractivity contribution in [1.82, 2.24) is 0 Å². The highest BCUT2D eigenvalue weighted by Gasteiger charge is 2.45. The van der Waals surface area contributed by atoms with Crippen molar-refractivity contribution in [3.8, 4) is 45.8 Å². The number of hydrogen-bond donors (Lipinski definition) is 6. The number of methoxy groups -OCH3 is 3. The highest BCUT2D eigenvalue weighted by molar-refractivity contribution is 5.88. The maximum absolute atomic E-state index is 13.2. The maximum Gasteiger partial charge on any atom is 0.239 e. The highest BCUT2D eigenvalue weighted by atomic mass is 16.7. The van der Waals surface area contributed by atoms with E-state index in [1.54, 1.807) is 0 Å². The third-order valence-electron chi connectivity index (χ3n) is 5.96. The highest BCUT2D eigenvalue weighted by Crippen LogP contribution is 2.44. The third-order valence-corrected chi connectivity index (χ3v) is 5.96. The van der Waals surface area contributed by atoms with Gasteiger partial charge in [0.1, 0.15) is 46.9 Å². The molecule has 1 aliphatic heterocycles. The van der Waals surface area contributed by atoms with Crippen molar-refractivity contribution in [2.24, 2.45) is 0 Å². The van der Waals surface area contributed by atoms with Gasteiger partial charge in [0, 0.05) is 17.7 Å². The fourth-order valence-electron chi connectivity index (χ4n) is 4.00. The summed E-state index contributed by atoms with van der Waals surface area (Å²) in [6, 6.07) is 5.19.